The van der Waals surface area contributed by atoms with E-state index in [0.29, 0.717) is 18.9 Å². The summed E-state index contributed by atoms with van der Waals surface area (Å²) in [4.78, 5) is 17.9. The van der Waals surface area contributed by atoms with Crippen LogP contribution in [0.3, 0.4) is 0 Å². The fourth-order valence-corrected chi connectivity index (χ4v) is 4.15. The normalized spacial score (nSPS) is 15.1. The first kappa shape index (κ1) is 18.6. The summed E-state index contributed by atoms with van der Waals surface area (Å²) in [6.45, 7) is 4.33. The van der Waals surface area contributed by atoms with Crippen molar-refractivity contribution in [3.8, 4) is 5.75 Å². The van der Waals surface area contributed by atoms with E-state index in [1.54, 1.807) is 0 Å². The van der Waals surface area contributed by atoms with Crippen molar-refractivity contribution in [3.63, 3.8) is 0 Å². The molecule has 0 saturated carbocycles. The van der Waals surface area contributed by atoms with E-state index in [0.717, 1.165) is 38.1 Å². The van der Waals surface area contributed by atoms with E-state index in [2.05, 4.69) is 48.4 Å². The summed E-state index contributed by atoms with van der Waals surface area (Å²) < 4.78 is 5.76. The lowest BCUT2D eigenvalue weighted by molar-refractivity contribution is -0.132. The molecular weight excluding hydrogens is 348 g/mol. The Kier molecular flexibility index (Phi) is 5.65. The molecule has 28 heavy (non-hydrogen) atoms. The molecule has 0 aliphatic carbocycles. The van der Waals surface area contributed by atoms with Crippen molar-refractivity contribution >= 4 is 16.8 Å². The number of carbonyl (C=O) groups is 1. The number of nitrogens with zero attached hydrogens (tertiary/aromatic N) is 1. The van der Waals surface area contributed by atoms with Gasteiger partial charge in [-0.25, -0.2) is 0 Å². The molecule has 146 valence electrons. The van der Waals surface area contributed by atoms with Crippen LogP contribution in [0.4, 0.5) is 0 Å². The Morgan fingerprint density at radius 2 is 1.96 bits per heavy atom. The zero-order chi connectivity index (χ0) is 19.3. The number of piperidine rings is 1. The van der Waals surface area contributed by atoms with Gasteiger partial charge in [0.1, 0.15) is 5.75 Å². The minimum atomic E-state index is 0.255. The molecule has 1 amide bonds. The highest BCUT2D eigenvalue weighted by molar-refractivity contribution is 5.83. The molecule has 2 heterocycles. The van der Waals surface area contributed by atoms with Crippen molar-refractivity contribution in [1.82, 2.24) is 9.88 Å². The van der Waals surface area contributed by atoms with Crippen molar-refractivity contribution in [2.75, 3.05) is 19.7 Å². The van der Waals surface area contributed by atoms with Gasteiger partial charge in [-0.3, -0.25) is 4.79 Å². The highest BCUT2D eigenvalue weighted by Gasteiger charge is 2.25. The average molecular weight is 377 g/mol. The largest absolute Gasteiger partial charge is 0.494 e. The van der Waals surface area contributed by atoms with E-state index >= 15 is 0 Å². The number of aromatic nitrogens is 1. The number of ether oxygens (including phenoxy) is 1. The number of para-hydroxylation sites is 1. The SMILES string of the molecule is Cc1cccc(OCCCC(=O)N2CCC(c3c[nH]c4ccccc34)CC2)c1. The van der Waals surface area contributed by atoms with Crippen LogP contribution in [0.2, 0.25) is 0 Å². The Morgan fingerprint density at radius 3 is 2.79 bits per heavy atom. The summed E-state index contributed by atoms with van der Waals surface area (Å²) in [5.74, 6) is 1.67. The first-order valence-corrected chi connectivity index (χ1v) is 10.2. The molecule has 0 radical (unpaired) electrons. The molecular formula is C24H28N2O2. The summed E-state index contributed by atoms with van der Waals surface area (Å²) in [7, 11) is 0. The lowest BCUT2D eigenvalue weighted by atomic mass is 9.89. The van der Waals surface area contributed by atoms with Crippen molar-refractivity contribution < 1.29 is 9.53 Å². The number of hydrogen-bond acceptors (Lipinski definition) is 2. The fraction of sp³-hybridized carbons (Fsp3) is 0.375. The number of H-pyrrole nitrogens is 1. The second kappa shape index (κ2) is 8.51. The molecule has 1 aliphatic heterocycles. The number of carbonyl (C=O) groups excluding carboxylic acids is 1. The van der Waals surface area contributed by atoms with Gasteiger partial charge < -0.3 is 14.6 Å². The predicted octanol–water partition coefficient (Wildman–Crippen LogP) is 5.04. The van der Waals surface area contributed by atoms with Crippen molar-refractivity contribution in [1.29, 1.82) is 0 Å². The van der Waals surface area contributed by atoms with Gasteiger partial charge >= 0.3 is 0 Å². The Balaban J connectivity index is 1.23. The van der Waals surface area contributed by atoms with Gasteiger partial charge in [-0.1, -0.05) is 30.3 Å². The third-order valence-corrected chi connectivity index (χ3v) is 5.70. The van der Waals surface area contributed by atoms with E-state index in [9.17, 15) is 4.79 Å². The van der Waals surface area contributed by atoms with Crippen molar-refractivity contribution in [2.45, 2.75) is 38.5 Å². The first-order chi connectivity index (χ1) is 13.7. The van der Waals surface area contributed by atoms with Crippen LogP contribution in [0.25, 0.3) is 10.9 Å². The van der Waals surface area contributed by atoms with Gasteiger partial charge in [-0.2, -0.15) is 0 Å². The molecule has 0 unspecified atom stereocenters. The van der Waals surface area contributed by atoms with Crippen LogP contribution >= 0.6 is 0 Å². The quantitative estimate of drug-likeness (QED) is 0.613. The molecule has 0 bridgehead atoms. The van der Waals surface area contributed by atoms with Crippen LogP contribution in [0.15, 0.2) is 54.7 Å². The summed E-state index contributed by atoms with van der Waals surface area (Å²) in [5, 5.41) is 1.32. The zero-order valence-electron chi connectivity index (χ0n) is 16.5. The van der Waals surface area contributed by atoms with E-state index in [4.69, 9.17) is 4.74 Å². The number of rotatable bonds is 6. The Bertz CT molecular complexity index is 938. The number of aryl methyl sites for hydroxylation is 1. The smallest absolute Gasteiger partial charge is 0.222 e. The van der Waals surface area contributed by atoms with Gasteiger partial charge in [0.15, 0.2) is 0 Å². The molecule has 1 N–H and O–H groups in total. The molecule has 1 saturated heterocycles. The maximum absolute atomic E-state index is 12.5. The van der Waals surface area contributed by atoms with Crippen LogP contribution in [0.1, 0.15) is 42.7 Å². The van der Waals surface area contributed by atoms with Crippen molar-refractivity contribution in [3.05, 3.63) is 65.9 Å². The lowest BCUT2D eigenvalue weighted by Gasteiger charge is -2.32. The minimum absolute atomic E-state index is 0.255. The van der Waals surface area contributed by atoms with E-state index in [-0.39, 0.29) is 5.91 Å². The highest BCUT2D eigenvalue weighted by Crippen LogP contribution is 2.33. The number of amides is 1. The average Bonchev–Trinajstić information content (AvgIpc) is 3.15. The van der Waals surface area contributed by atoms with Crippen LogP contribution in [-0.4, -0.2) is 35.5 Å². The van der Waals surface area contributed by atoms with E-state index in [1.807, 2.05) is 23.1 Å². The molecule has 4 rings (SSSR count). The van der Waals surface area contributed by atoms with E-state index in [1.165, 1.54) is 22.0 Å². The predicted molar refractivity (Wildman–Crippen MR) is 113 cm³/mol. The number of nitrogens with one attached hydrogen (secondary N) is 1. The molecule has 4 nitrogen and oxygen atoms in total. The van der Waals surface area contributed by atoms with Gasteiger partial charge in [-0.15, -0.1) is 0 Å². The topological polar surface area (TPSA) is 45.3 Å². The Labute approximate surface area is 166 Å². The standard InChI is InChI=1S/C24H28N2O2/c1-18-6-4-7-20(16-18)28-15-5-10-24(27)26-13-11-19(12-14-26)22-17-25-23-9-3-2-8-21(22)23/h2-4,6-9,16-17,19,25H,5,10-15H2,1H3. The summed E-state index contributed by atoms with van der Waals surface area (Å²) in [6.07, 6.45) is 5.54. The zero-order valence-corrected chi connectivity index (χ0v) is 16.5. The number of likely N-dealkylation sites (tertiary alicyclic amines) is 1. The molecule has 4 heteroatoms. The van der Waals surface area contributed by atoms with Crippen LogP contribution in [0, 0.1) is 6.92 Å². The molecule has 2 aromatic carbocycles. The fourth-order valence-electron chi connectivity index (χ4n) is 4.15. The minimum Gasteiger partial charge on any atom is -0.494 e. The number of aromatic amines is 1. The third kappa shape index (κ3) is 4.22. The molecule has 1 fully saturated rings. The van der Waals surface area contributed by atoms with Crippen molar-refractivity contribution in [2.24, 2.45) is 0 Å². The van der Waals surface area contributed by atoms with Crippen LogP contribution < -0.4 is 4.74 Å². The highest BCUT2D eigenvalue weighted by atomic mass is 16.5. The number of fused-ring (bicyclic) bond motifs is 1. The maximum Gasteiger partial charge on any atom is 0.222 e. The van der Waals surface area contributed by atoms with Gasteiger partial charge in [0.05, 0.1) is 6.61 Å². The molecule has 0 atom stereocenters. The molecule has 1 aliphatic rings. The molecule has 1 aromatic heterocycles. The van der Waals surface area contributed by atoms with Gasteiger partial charge in [0.25, 0.3) is 0 Å². The second-order valence-corrected chi connectivity index (χ2v) is 7.71. The third-order valence-electron chi connectivity index (χ3n) is 5.70. The van der Waals surface area contributed by atoms with Gasteiger partial charge in [0, 0.05) is 36.6 Å². The van der Waals surface area contributed by atoms with Crippen LogP contribution in [-0.2, 0) is 4.79 Å². The maximum atomic E-state index is 12.5. The van der Waals surface area contributed by atoms with E-state index < -0.39 is 0 Å². The van der Waals surface area contributed by atoms with Gasteiger partial charge in [-0.05, 0) is 61.4 Å². The Morgan fingerprint density at radius 1 is 1.14 bits per heavy atom. The Hall–Kier alpha value is -2.75. The van der Waals surface area contributed by atoms with Gasteiger partial charge in [0.2, 0.25) is 5.91 Å². The summed E-state index contributed by atoms with van der Waals surface area (Å²) in [6, 6.07) is 16.5. The molecule has 3 aromatic rings. The number of hydrogen-bond donors (Lipinski definition) is 1. The summed E-state index contributed by atoms with van der Waals surface area (Å²) >= 11 is 0. The lowest BCUT2D eigenvalue weighted by Crippen LogP contribution is -2.37. The summed E-state index contributed by atoms with van der Waals surface area (Å²) in [5.41, 5.74) is 3.78. The second-order valence-electron chi connectivity index (χ2n) is 7.71. The number of benzene rings is 2. The molecule has 0 spiro atoms. The monoisotopic (exact) mass is 376 g/mol. The van der Waals surface area contributed by atoms with Crippen LogP contribution in [0.5, 0.6) is 5.75 Å². The first-order valence-electron chi connectivity index (χ1n) is 10.2.